The molecule has 1 aliphatic rings. The van der Waals surface area contributed by atoms with Gasteiger partial charge in [0, 0.05) is 28.0 Å². The van der Waals surface area contributed by atoms with Crippen LogP contribution in [0.5, 0.6) is 11.5 Å². The molecule has 2 aromatic carbocycles. The van der Waals surface area contributed by atoms with E-state index in [4.69, 9.17) is 19.3 Å². The smallest absolute Gasteiger partial charge is 0.330 e. The van der Waals surface area contributed by atoms with Crippen LogP contribution in [0, 0.1) is 0 Å². The predicted molar refractivity (Wildman–Crippen MR) is 99.8 cm³/mol. The Morgan fingerprint density at radius 2 is 1.58 bits per heavy atom. The quantitative estimate of drug-likeness (QED) is 0.447. The number of rotatable bonds is 8. The van der Waals surface area contributed by atoms with Gasteiger partial charge < -0.3 is 19.3 Å². The molecule has 2 aromatic rings. The minimum absolute atomic E-state index is 0.0178. The summed E-state index contributed by atoms with van der Waals surface area (Å²) in [6, 6.07) is 7.97. The largest absolute Gasteiger partial charge is 0.490 e. The van der Waals surface area contributed by atoms with Crippen LogP contribution < -0.4 is 9.47 Å². The first-order chi connectivity index (χ1) is 12.8. The molecule has 0 aliphatic heterocycles. The van der Waals surface area contributed by atoms with E-state index in [0.717, 1.165) is 59.6 Å². The Balaban J connectivity index is 1.96. The molecule has 0 unspecified atom stereocenters. The van der Waals surface area contributed by atoms with Crippen molar-refractivity contribution in [1.82, 2.24) is 0 Å². The van der Waals surface area contributed by atoms with E-state index in [1.165, 1.54) is 5.56 Å². The molecule has 3 rings (SSSR count). The Bertz CT molecular complexity index is 797. The van der Waals surface area contributed by atoms with Gasteiger partial charge in [-0.15, -0.1) is 0 Å². The summed E-state index contributed by atoms with van der Waals surface area (Å²) in [5.74, 6) is 1.25. The van der Waals surface area contributed by atoms with Crippen molar-refractivity contribution in [2.24, 2.45) is 0 Å². The Hall–Kier alpha value is -2.53. The van der Waals surface area contributed by atoms with Gasteiger partial charge in [-0.25, -0.2) is 4.79 Å². The van der Waals surface area contributed by atoms with Crippen molar-refractivity contribution in [1.29, 1.82) is 0 Å². The van der Waals surface area contributed by atoms with Crippen molar-refractivity contribution in [3.05, 3.63) is 48.0 Å². The lowest BCUT2D eigenvalue weighted by Gasteiger charge is -2.25. The van der Waals surface area contributed by atoms with Gasteiger partial charge in [0.25, 0.3) is 0 Å². The second-order valence-corrected chi connectivity index (χ2v) is 6.16. The fraction of sp³-hybridized carbons (Fsp3) is 0.381. The zero-order valence-electron chi connectivity index (χ0n) is 14.8. The molecule has 0 bridgehead atoms. The Morgan fingerprint density at radius 1 is 1.00 bits per heavy atom. The van der Waals surface area contributed by atoms with Crippen LogP contribution in [0.2, 0.25) is 0 Å². The zero-order chi connectivity index (χ0) is 18.4. The first kappa shape index (κ1) is 18.3. The number of hydrogen-bond acceptors (Lipinski definition) is 5. The van der Waals surface area contributed by atoms with Gasteiger partial charge in [0.2, 0.25) is 0 Å². The SMILES string of the molecule is C=CC(=O)OCCOc1c2c(c(OCCO)c3ccccc13)CCCC2. The second kappa shape index (κ2) is 8.72. The lowest BCUT2D eigenvalue weighted by atomic mass is 9.87. The molecule has 0 heterocycles. The molecular weight excluding hydrogens is 332 g/mol. The number of fused-ring (bicyclic) bond motifs is 2. The van der Waals surface area contributed by atoms with E-state index in [1.807, 2.05) is 24.3 Å². The second-order valence-electron chi connectivity index (χ2n) is 6.16. The van der Waals surface area contributed by atoms with Gasteiger partial charge in [-0.05, 0) is 25.7 Å². The van der Waals surface area contributed by atoms with Gasteiger partial charge in [0.15, 0.2) is 0 Å². The van der Waals surface area contributed by atoms with Crippen LogP contribution in [-0.4, -0.2) is 37.5 Å². The van der Waals surface area contributed by atoms with Crippen molar-refractivity contribution in [3.63, 3.8) is 0 Å². The molecule has 26 heavy (non-hydrogen) atoms. The first-order valence-corrected chi connectivity index (χ1v) is 8.98. The summed E-state index contributed by atoms with van der Waals surface area (Å²) in [5.41, 5.74) is 2.33. The fourth-order valence-corrected chi connectivity index (χ4v) is 3.43. The molecule has 1 N–H and O–H groups in total. The number of ether oxygens (including phenoxy) is 3. The molecule has 0 aromatic heterocycles. The zero-order valence-corrected chi connectivity index (χ0v) is 14.8. The summed E-state index contributed by atoms with van der Waals surface area (Å²) in [6.45, 7) is 4.10. The molecule has 0 saturated carbocycles. The van der Waals surface area contributed by atoms with Crippen molar-refractivity contribution in [3.8, 4) is 11.5 Å². The number of carbonyl (C=O) groups excluding carboxylic acids is 1. The van der Waals surface area contributed by atoms with Crippen LogP contribution in [0.15, 0.2) is 36.9 Å². The third-order valence-corrected chi connectivity index (χ3v) is 4.51. The third kappa shape index (κ3) is 3.83. The highest BCUT2D eigenvalue weighted by Crippen LogP contribution is 2.44. The molecule has 138 valence electrons. The topological polar surface area (TPSA) is 65.0 Å². The number of esters is 1. The number of hydrogen-bond donors (Lipinski definition) is 1. The highest BCUT2D eigenvalue weighted by Gasteiger charge is 2.23. The number of benzene rings is 2. The highest BCUT2D eigenvalue weighted by molar-refractivity contribution is 5.96. The van der Waals surface area contributed by atoms with Gasteiger partial charge in [0.05, 0.1) is 6.61 Å². The van der Waals surface area contributed by atoms with Gasteiger partial charge in [-0.3, -0.25) is 0 Å². The Labute approximate surface area is 153 Å². The number of carbonyl (C=O) groups is 1. The van der Waals surface area contributed by atoms with E-state index in [0.29, 0.717) is 0 Å². The van der Waals surface area contributed by atoms with E-state index >= 15 is 0 Å². The summed E-state index contributed by atoms with van der Waals surface area (Å²) in [5, 5.41) is 11.1. The van der Waals surface area contributed by atoms with Gasteiger partial charge in [0.1, 0.15) is 31.3 Å². The predicted octanol–water partition coefficient (Wildman–Crippen LogP) is 3.20. The number of aliphatic hydroxyl groups is 1. The summed E-state index contributed by atoms with van der Waals surface area (Å²) < 4.78 is 17.0. The van der Waals surface area contributed by atoms with Gasteiger partial charge in [-0.2, -0.15) is 0 Å². The van der Waals surface area contributed by atoms with Crippen LogP contribution in [0.25, 0.3) is 10.8 Å². The standard InChI is InChI=1S/C21H24O5/c1-2-19(23)24-13-14-26-21-17-9-5-3-7-15(17)20(25-12-11-22)16-8-4-6-10-18(16)21/h2-3,5,7,9,22H,1,4,6,8,10-14H2. The van der Waals surface area contributed by atoms with Crippen LogP contribution in [0.1, 0.15) is 24.0 Å². The molecule has 0 fully saturated rings. The molecule has 0 spiro atoms. The van der Waals surface area contributed by atoms with Gasteiger partial charge >= 0.3 is 5.97 Å². The third-order valence-electron chi connectivity index (χ3n) is 4.51. The van der Waals surface area contributed by atoms with E-state index in [2.05, 4.69) is 6.58 Å². The maximum absolute atomic E-state index is 11.2. The Kier molecular flexibility index (Phi) is 6.12. The van der Waals surface area contributed by atoms with E-state index in [9.17, 15) is 4.79 Å². The highest BCUT2D eigenvalue weighted by atomic mass is 16.6. The molecule has 0 atom stereocenters. The molecule has 0 amide bonds. The summed E-state index contributed by atoms with van der Waals surface area (Å²) >= 11 is 0. The van der Waals surface area contributed by atoms with E-state index < -0.39 is 5.97 Å². The monoisotopic (exact) mass is 356 g/mol. The minimum Gasteiger partial charge on any atom is -0.490 e. The summed E-state index contributed by atoms with van der Waals surface area (Å²) in [6.07, 6.45) is 5.22. The van der Waals surface area contributed by atoms with E-state index in [1.54, 1.807) is 0 Å². The van der Waals surface area contributed by atoms with Crippen LogP contribution in [0.3, 0.4) is 0 Å². The average Bonchev–Trinajstić information content (AvgIpc) is 2.69. The maximum atomic E-state index is 11.2. The number of aliphatic hydroxyl groups excluding tert-OH is 1. The molecule has 5 nitrogen and oxygen atoms in total. The van der Waals surface area contributed by atoms with Gasteiger partial charge in [-0.1, -0.05) is 30.8 Å². The minimum atomic E-state index is -0.451. The maximum Gasteiger partial charge on any atom is 0.330 e. The fourth-order valence-electron chi connectivity index (χ4n) is 3.43. The molecule has 0 saturated heterocycles. The molecular formula is C21H24O5. The molecule has 5 heteroatoms. The van der Waals surface area contributed by atoms with Crippen LogP contribution in [-0.2, 0) is 22.4 Å². The van der Waals surface area contributed by atoms with Crippen LogP contribution >= 0.6 is 0 Å². The van der Waals surface area contributed by atoms with Crippen molar-refractivity contribution in [2.45, 2.75) is 25.7 Å². The van der Waals surface area contributed by atoms with Crippen molar-refractivity contribution in [2.75, 3.05) is 26.4 Å². The summed E-state index contributed by atoms with van der Waals surface area (Å²) in [7, 11) is 0. The van der Waals surface area contributed by atoms with Crippen molar-refractivity contribution < 1.29 is 24.1 Å². The normalized spacial score (nSPS) is 13.1. The van der Waals surface area contributed by atoms with Crippen molar-refractivity contribution >= 4 is 16.7 Å². The lowest BCUT2D eigenvalue weighted by molar-refractivity contribution is -0.138. The lowest BCUT2D eigenvalue weighted by Crippen LogP contribution is -2.14. The first-order valence-electron chi connectivity index (χ1n) is 8.98. The van der Waals surface area contributed by atoms with Crippen LogP contribution in [0.4, 0.5) is 0 Å². The summed E-state index contributed by atoms with van der Waals surface area (Å²) in [4.78, 5) is 11.2. The molecule has 1 aliphatic carbocycles. The Morgan fingerprint density at radius 3 is 2.12 bits per heavy atom. The average molecular weight is 356 g/mol. The van der Waals surface area contributed by atoms with E-state index in [-0.39, 0.29) is 26.4 Å². The molecule has 0 radical (unpaired) electrons.